The number of aryl methyl sites for hydroxylation is 1. The molecule has 0 aliphatic carbocycles. The van der Waals surface area contributed by atoms with E-state index in [-0.39, 0.29) is 11.6 Å². The van der Waals surface area contributed by atoms with E-state index < -0.39 is 0 Å². The van der Waals surface area contributed by atoms with E-state index in [4.69, 9.17) is 4.74 Å². The maximum atomic E-state index is 13.9. The quantitative estimate of drug-likeness (QED) is 0.492. The van der Waals surface area contributed by atoms with Crippen molar-refractivity contribution in [3.8, 4) is 22.1 Å². The van der Waals surface area contributed by atoms with Crippen molar-refractivity contribution in [3.63, 3.8) is 0 Å². The number of ether oxygens (including phenoxy) is 1. The molecular formula is C19H16FN3OS. The Morgan fingerprint density at radius 1 is 1.16 bits per heavy atom. The fourth-order valence-electron chi connectivity index (χ4n) is 2.76. The van der Waals surface area contributed by atoms with E-state index >= 15 is 0 Å². The summed E-state index contributed by atoms with van der Waals surface area (Å²) in [6.45, 7) is 5.02. The number of halogens is 1. The van der Waals surface area contributed by atoms with E-state index in [1.165, 1.54) is 6.07 Å². The van der Waals surface area contributed by atoms with Gasteiger partial charge < -0.3 is 9.30 Å². The van der Waals surface area contributed by atoms with Gasteiger partial charge in [0.2, 0.25) is 0 Å². The van der Waals surface area contributed by atoms with E-state index in [0.717, 1.165) is 33.0 Å². The maximum absolute atomic E-state index is 13.9. The fraction of sp³-hybridized carbons (Fsp3) is 0.158. The molecule has 0 atom stereocenters. The zero-order valence-corrected chi connectivity index (χ0v) is 14.7. The first kappa shape index (κ1) is 15.8. The lowest BCUT2D eigenvalue weighted by Gasteiger charge is -2.06. The molecule has 3 aromatic heterocycles. The van der Waals surface area contributed by atoms with Crippen molar-refractivity contribution < 1.29 is 9.13 Å². The van der Waals surface area contributed by atoms with Crippen molar-refractivity contribution in [2.45, 2.75) is 20.4 Å². The van der Waals surface area contributed by atoms with E-state index in [0.29, 0.717) is 5.75 Å². The van der Waals surface area contributed by atoms with Gasteiger partial charge in [0.25, 0.3) is 0 Å². The van der Waals surface area contributed by atoms with Gasteiger partial charge in [-0.2, -0.15) is 0 Å². The van der Waals surface area contributed by atoms with Crippen LogP contribution in [0.2, 0.25) is 0 Å². The lowest BCUT2D eigenvalue weighted by Crippen LogP contribution is -1.93. The first-order valence-electron chi connectivity index (χ1n) is 8.00. The van der Waals surface area contributed by atoms with Gasteiger partial charge in [-0.25, -0.2) is 9.37 Å². The number of imidazole rings is 1. The summed E-state index contributed by atoms with van der Waals surface area (Å²) < 4.78 is 22.7. The normalized spacial score (nSPS) is 11.2. The van der Waals surface area contributed by atoms with Crippen LogP contribution < -0.4 is 4.74 Å². The highest BCUT2D eigenvalue weighted by atomic mass is 32.1. The highest BCUT2D eigenvalue weighted by Gasteiger charge is 2.15. The lowest BCUT2D eigenvalue weighted by molar-refractivity contribution is 0.447. The van der Waals surface area contributed by atoms with Crippen molar-refractivity contribution >= 4 is 21.6 Å². The molecule has 3 heterocycles. The summed E-state index contributed by atoms with van der Waals surface area (Å²) in [4.78, 5) is 9.96. The molecule has 0 spiro atoms. The molecule has 4 rings (SSSR count). The van der Waals surface area contributed by atoms with E-state index in [1.807, 2.05) is 12.4 Å². The zero-order valence-electron chi connectivity index (χ0n) is 13.9. The predicted octanol–water partition coefficient (Wildman–Crippen LogP) is 5.42. The second-order valence-electron chi connectivity index (χ2n) is 5.63. The van der Waals surface area contributed by atoms with Crippen molar-refractivity contribution in [1.29, 1.82) is 0 Å². The average molecular weight is 353 g/mol. The fourth-order valence-corrected chi connectivity index (χ4v) is 3.88. The molecule has 0 bridgehead atoms. The van der Waals surface area contributed by atoms with Crippen molar-refractivity contribution in [2.75, 3.05) is 0 Å². The van der Waals surface area contributed by atoms with Gasteiger partial charge in [-0.1, -0.05) is 12.1 Å². The third kappa shape index (κ3) is 2.78. The molecule has 0 saturated heterocycles. The second-order valence-corrected chi connectivity index (χ2v) is 6.68. The summed E-state index contributed by atoms with van der Waals surface area (Å²) >= 11 is 1.55. The third-order valence-corrected chi connectivity index (χ3v) is 5.25. The van der Waals surface area contributed by atoms with Gasteiger partial charge in [-0.15, -0.1) is 11.3 Å². The topological polar surface area (TPSA) is 39.9 Å². The predicted molar refractivity (Wildman–Crippen MR) is 97.7 cm³/mol. The van der Waals surface area contributed by atoms with Crippen LogP contribution in [0.4, 0.5) is 4.39 Å². The van der Waals surface area contributed by atoms with Crippen LogP contribution in [0.3, 0.4) is 0 Å². The van der Waals surface area contributed by atoms with Crippen LogP contribution >= 0.6 is 11.3 Å². The molecule has 0 amide bonds. The molecule has 0 aliphatic heterocycles. The number of para-hydroxylation sites is 1. The Bertz CT molecular complexity index is 1050. The molecule has 0 saturated carbocycles. The summed E-state index contributed by atoms with van der Waals surface area (Å²) in [5.41, 5.74) is 2.88. The molecule has 0 radical (unpaired) electrons. The molecule has 25 heavy (non-hydrogen) atoms. The number of nitrogens with zero attached hydrogens (tertiary/aromatic N) is 3. The van der Waals surface area contributed by atoms with Crippen LogP contribution in [0, 0.1) is 12.7 Å². The van der Waals surface area contributed by atoms with Crippen LogP contribution in [0.25, 0.3) is 20.8 Å². The Kier molecular flexibility index (Phi) is 3.97. The Balaban J connectivity index is 1.79. The van der Waals surface area contributed by atoms with Gasteiger partial charge in [0.1, 0.15) is 11.4 Å². The van der Waals surface area contributed by atoms with E-state index in [1.54, 1.807) is 41.8 Å². The number of benzene rings is 1. The summed E-state index contributed by atoms with van der Waals surface area (Å²) in [6.07, 6.45) is 3.52. The van der Waals surface area contributed by atoms with Gasteiger partial charge in [-0.3, -0.25) is 4.98 Å². The minimum absolute atomic E-state index is 0.205. The smallest absolute Gasteiger partial charge is 0.165 e. The Labute approximate surface area is 148 Å². The van der Waals surface area contributed by atoms with Crippen molar-refractivity contribution in [1.82, 2.24) is 14.5 Å². The van der Waals surface area contributed by atoms with Gasteiger partial charge in [0.15, 0.2) is 11.6 Å². The van der Waals surface area contributed by atoms with Crippen LogP contribution in [0.15, 0.2) is 48.9 Å². The molecular weight excluding hydrogens is 337 g/mol. The van der Waals surface area contributed by atoms with Gasteiger partial charge in [-0.05, 0) is 32.0 Å². The van der Waals surface area contributed by atoms with Crippen LogP contribution in [-0.2, 0) is 6.54 Å². The van der Waals surface area contributed by atoms with Crippen LogP contribution in [0.5, 0.6) is 11.5 Å². The zero-order chi connectivity index (χ0) is 17.4. The minimum atomic E-state index is -0.387. The first-order valence-corrected chi connectivity index (χ1v) is 8.82. The van der Waals surface area contributed by atoms with E-state index in [2.05, 4.69) is 28.4 Å². The summed E-state index contributed by atoms with van der Waals surface area (Å²) in [5.74, 6) is 0.414. The molecule has 4 aromatic rings. The molecule has 0 aliphatic rings. The summed E-state index contributed by atoms with van der Waals surface area (Å²) in [7, 11) is 0. The van der Waals surface area contributed by atoms with E-state index in [9.17, 15) is 4.39 Å². The van der Waals surface area contributed by atoms with Gasteiger partial charge in [0, 0.05) is 24.5 Å². The molecule has 4 nitrogen and oxygen atoms in total. The van der Waals surface area contributed by atoms with Gasteiger partial charge in [0.05, 0.1) is 21.4 Å². The number of hydrogen-bond donors (Lipinski definition) is 0. The lowest BCUT2D eigenvalue weighted by atomic mass is 10.2. The molecule has 0 fully saturated rings. The Morgan fingerprint density at radius 2 is 2.00 bits per heavy atom. The average Bonchev–Trinajstić information content (AvgIpc) is 3.20. The molecule has 6 heteroatoms. The number of pyridine rings is 1. The highest BCUT2D eigenvalue weighted by molar-refractivity contribution is 7.22. The van der Waals surface area contributed by atoms with Crippen molar-refractivity contribution in [2.24, 2.45) is 0 Å². The second kappa shape index (κ2) is 6.29. The maximum Gasteiger partial charge on any atom is 0.165 e. The van der Waals surface area contributed by atoms with Crippen LogP contribution in [0.1, 0.15) is 12.6 Å². The Morgan fingerprint density at radius 3 is 2.76 bits per heavy atom. The molecule has 126 valence electrons. The Hall–Kier alpha value is -2.73. The SMILES string of the molecule is CCn1cnc(-c2cc3nccc(Oc4ccccc4F)c3s2)c1C. The number of fused-ring (bicyclic) bond motifs is 1. The third-order valence-electron chi connectivity index (χ3n) is 4.11. The highest BCUT2D eigenvalue weighted by Crippen LogP contribution is 2.39. The molecule has 1 aromatic carbocycles. The first-order chi connectivity index (χ1) is 12.2. The number of aromatic nitrogens is 3. The minimum Gasteiger partial charge on any atom is -0.453 e. The number of thiophene rings is 1. The molecule has 0 N–H and O–H groups in total. The number of rotatable bonds is 4. The van der Waals surface area contributed by atoms with Gasteiger partial charge >= 0.3 is 0 Å². The standard InChI is InChI=1S/C19H16FN3OS/c1-3-23-11-22-18(12(23)2)17-10-14-19(25-17)16(8-9-21-14)24-15-7-5-4-6-13(15)20/h4-11H,3H2,1-2H3. The van der Waals surface area contributed by atoms with Crippen molar-refractivity contribution in [3.05, 3.63) is 60.4 Å². The number of hydrogen-bond acceptors (Lipinski definition) is 4. The van der Waals surface area contributed by atoms with Crippen LogP contribution in [-0.4, -0.2) is 14.5 Å². The molecule has 0 unspecified atom stereocenters. The summed E-state index contributed by atoms with van der Waals surface area (Å²) in [6, 6.07) is 10.1. The monoisotopic (exact) mass is 353 g/mol. The largest absolute Gasteiger partial charge is 0.453 e. The summed E-state index contributed by atoms with van der Waals surface area (Å²) in [5, 5.41) is 0.